The maximum atomic E-state index is 11.6. The zero-order valence-electron chi connectivity index (χ0n) is 8.77. The largest absolute Gasteiger partial charge is 0.395 e. The Bertz CT molecular complexity index is 325. The van der Waals surface area contributed by atoms with Gasteiger partial charge in [-0.1, -0.05) is 0 Å². The van der Waals surface area contributed by atoms with Crippen LogP contribution in [0, 0.1) is 0 Å². The predicted octanol–water partition coefficient (Wildman–Crippen LogP) is -0.417. The van der Waals surface area contributed by atoms with Crippen molar-refractivity contribution in [2.75, 3.05) is 32.6 Å². The van der Waals surface area contributed by atoms with Gasteiger partial charge in [0.15, 0.2) is 5.69 Å². The lowest BCUT2D eigenvalue weighted by Gasteiger charge is -2.14. The Hall–Kier alpha value is -1.69. The number of carbonyl (C=O) groups is 1. The number of hydrogen-bond acceptors (Lipinski definition) is 5. The molecule has 6 nitrogen and oxygen atoms in total. The fraction of sp³-hybridized carbons (Fsp3) is 0.444. The molecule has 0 saturated heterocycles. The molecule has 82 valence electrons. The zero-order valence-corrected chi connectivity index (χ0v) is 8.77. The van der Waals surface area contributed by atoms with Crippen LogP contribution in [0.15, 0.2) is 12.1 Å². The summed E-state index contributed by atoms with van der Waals surface area (Å²) in [7, 11) is 3.33. The van der Waals surface area contributed by atoms with Gasteiger partial charge in [0.05, 0.1) is 6.61 Å². The van der Waals surface area contributed by atoms with E-state index in [-0.39, 0.29) is 24.8 Å². The Labute approximate surface area is 87.9 Å². The number of rotatable bonds is 4. The summed E-state index contributed by atoms with van der Waals surface area (Å²) in [6, 6.07) is 3.27. The van der Waals surface area contributed by atoms with Crippen LogP contribution in [0.1, 0.15) is 10.5 Å². The molecule has 0 saturated carbocycles. The van der Waals surface area contributed by atoms with Gasteiger partial charge in [-0.2, -0.15) is 0 Å². The molecule has 1 aromatic heterocycles. The summed E-state index contributed by atoms with van der Waals surface area (Å²) in [5.74, 6) is 0.357. The van der Waals surface area contributed by atoms with E-state index >= 15 is 0 Å². The first-order valence-electron chi connectivity index (χ1n) is 4.57. The lowest BCUT2D eigenvalue weighted by molar-refractivity contribution is 0.0760. The van der Waals surface area contributed by atoms with Gasteiger partial charge in [-0.25, -0.2) is 0 Å². The maximum Gasteiger partial charge on any atom is 0.274 e. The summed E-state index contributed by atoms with van der Waals surface area (Å²) < 4.78 is 0. The van der Waals surface area contributed by atoms with E-state index < -0.39 is 0 Å². The molecule has 0 spiro atoms. The number of aromatic nitrogens is 2. The third-order valence-corrected chi connectivity index (χ3v) is 1.92. The lowest BCUT2D eigenvalue weighted by atomic mass is 10.3. The van der Waals surface area contributed by atoms with Crippen molar-refractivity contribution in [3.8, 4) is 0 Å². The number of carbonyl (C=O) groups excluding carboxylic acids is 1. The van der Waals surface area contributed by atoms with E-state index in [1.165, 1.54) is 4.90 Å². The van der Waals surface area contributed by atoms with Crippen molar-refractivity contribution >= 4 is 11.7 Å². The average Bonchev–Trinajstić information content (AvgIpc) is 2.28. The normalized spacial score (nSPS) is 9.80. The van der Waals surface area contributed by atoms with E-state index in [2.05, 4.69) is 15.5 Å². The Kier molecular flexibility index (Phi) is 3.99. The van der Waals surface area contributed by atoms with Crippen LogP contribution in [0.25, 0.3) is 0 Å². The molecular formula is C9H14N4O2. The van der Waals surface area contributed by atoms with Gasteiger partial charge in [-0.05, 0) is 12.1 Å². The standard InChI is InChI=1S/C9H14N4O2/c1-10-8-4-3-7(11-12-8)9(15)13(2)5-6-14/h3-4,14H,5-6H2,1-2H3,(H,10,12). The van der Waals surface area contributed by atoms with E-state index in [0.29, 0.717) is 5.82 Å². The third kappa shape index (κ3) is 2.88. The second kappa shape index (κ2) is 5.26. The Morgan fingerprint density at radius 3 is 2.73 bits per heavy atom. The summed E-state index contributed by atoms with van der Waals surface area (Å²) in [4.78, 5) is 13.0. The van der Waals surface area contributed by atoms with Crippen LogP contribution in [-0.2, 0) is 0 Å². The highest BCUT2D eigenvalue weighted by Crippen LogP contribution is 2.02. The van der Waals surface area contributed by atoms with E-state index in [4.69, 9.17) is 5.11 Å². The number of nitrogens with one attached hydrogen (secondary N) is 1. The first kappa shape index (κ1) is 11.4. The van der Waals surface area contributed by atoms with Gasteiger partial charge in [0.1, 0.15) is 5.82 Å². The smallest absolute Gasteiger partial charge is 0.274 e. The van der Waals surface area contributed by atoms with Crippen molar-refractivity contribution in [1.82, 2.24) is 15.1 Å². The molecule has 1 heterocycles. The molecule has 1 amide bonds. The van der Waals surface area contributed by atoms with Gasteiger partial charge in [0.25, 0.3) is 5.91 Å². The highest BCUT2D eigenvalue weighted by molar-refractivity contribution is 5.92. The molecule has 0 bridgehead atoms. The van der Waals surface area contributed by atoms with Gasteiger partial charge in [-0.15, -0.1) is 10.2 Å². The Balaban J connectivity index is 2.73. The van der Waals surface area contributed by atoms with Gasteiger partial charge < -0.3 is 15.3 Å². The van der Waals surface area contributed by atoms with E-state index in [1.54, 1.807) is 26.2 Å². The SMILES string of the molecule is CNc1ccc(C(=O)N(C)CCO)nn1. The van der Waals surface area contributed by atoms with Crippen molar-refractivity contribution in [2.24, 2.45) is 0 Å². The van der Waals surface area contributed by atoms with E-state index in [0.717, 1.165) is 0 Å². The van der Waals surface area contributed by atoms with Crippen molar-refractivity contribution in [3.63, 3.8) is 0 Å². The van der Waals surface area contributed by atoms with Crippen LogP contribution >= 0.6 is 0 Å². The zero-order chi connectivity index (χ0) is 11.3. The topological polar surface area (TPSA) is 78.4 Å². The van der Waals surface area contributed by atoms with Gasteiger partial charge in [-0.3, -0.25) is 4.79 Å². The molecule has 0 atom stereocenters. The molecule has 0 aromatic carbocycles. The Morgan fingerprint density at radius 2 is 2.27 bits per heavy atom. The number of nitrogens with zero attached hydrogens (tertiary/aromatic N) is 3. The average molecular weight is 210 g/mol. The predicted molar refractivity (Wildman–Crippen MR) is 55.6 cm³/mol. The van der Waals surface area contributed by atoms with Crippen molar-refractivity contribution in [3.05, 3.63) is 17.8 Å². The highest BCUT2D eigenvalue weighted by Gasteiger charge is 2.12. The minimum absolute atomic E-state index is 0.0652. The van der Waals surface area contributed by atoms with Crippen LogP contribution in [0.4, 0.5) is 5.82 Å². The molecule has 0 unspecified atom stereocenters. The second-order valence-electron chi connectivity index (χ2n) is 3.00. The van der Waals surface area contributed by atoms with Gasteiger partial charge >= 0.3 is 0 Å². The number of amides is 1. The molecule has 0 fully saturated rings. The lowest BCUT2D eigenvalue weighted by Crippen LogP contribution is -2.30. The summed E-state index contributed by atoms with van der Waals surface area (Å²) in [5, 5.41) is 19.0. The Morgan fingerprint density at radius 1 is 1.53 bits per heavy atom. The number of anilines is 1. The molecule has 15 heavy (non-hydrogen) atoms. The van der Waals surface area contributed by atoms with Crippen molar-refractivity contribution < 1.29 is 9.90 Å². The molecular weight excluding hydrogens is 196 g/mol. The highest BCUT2D eigenvalue weighted by atomic mass is 16.3. The number of likely N-dealkylation sites (N-methyl/N-ethyl adjacent to an activating group) is 1. The quantitative estimate of drug-likeness (QED) is 0.706. The molecule has 6 heteroatoms. The molecule has 1 aromatic rings. The fourth-order valence-corrected chi connectivity index (χ4v) is 1.03. The van der Waals surface area contributed by atoms with Crippen LogP contribution < -0.4 is 5.32 Å². The summed E-state index contributed by atoms with van der Waals surface area (Å²) in [5.41, 5.74) is 0.268. The monoisotopic (exact) mass is 210 g/mol. The molecule has 0 aliphatic carbocycles. The second-order valence-corrected chi connectivity index (χ2v) is 3.00. The summed E-state index contributed by atoms with van der Waals surface area (Å²) >= 11 is 0. The van der Waals surface area contributed by atoms with Crippen LogP contribution in [0.2, 0.25) is 0 Å². The molecule has 0 radical (unpaired) electrons. The fourth-order valence-electron chi connectivity index (χ4n) is 1.03. The number of hydrogen-bond donors (Lipinski definition) is 2. The van der Waals surface area contributed by atoms with Crippen molar-refractivity contribution in [2.45, 2.75) is 0 Å². The van der Waals surface area contributed by atoms with Crippen molar-refractivity contribution in [1.29, 1.82) is 0 Å². The molecule has 1 rings (SSSR count). The summed E-state index contributed by atoms with van der Waals surface area (Å²) in [6.07, 6.45) is 0. The molecule has 0 aliphatic rings. The summed E-state index contributed by atoms with van der Waals surface area (Å²) in [6.45, 7) is 0.221. The van der Waals surface area contributed by atoms with Crippen LogP contribution in [0.3, 0.4) is 0 Å². The van der Waals surface area contributed by atoms with Crippen LogP contribution in [0.5, 0.6) is 0 Å². The number of aliphatic hydroxyl groups is 1. The minimum Gasteiger partial charge on any atom is -0.395 e. The first-order valence-corrected chi connectivity index (χ1v) is 4.57. The van der Waals surface area contributed by atoms with E-state index in [1.807, 2.05) is 0 Å². The van der Waals surface area contributed by atoms with Gasteiger partial charge in [0.2, 0.25) is 0 Å². The molecule has 0 aliphatic heterocycles. The van der Waals surface area contributed by atoms with Crippen LogP contribution in [-0.4, -0.2) is 53.4 Å². The minimum atomic E-state index is -0.251. The van der Waals surface area contributed by atoms with Gasteiger partial charge in [0, 0.05) is 20.6 Å². The third-order valence-electron chi connectivity index (χ3n) is 1.92. The molecule has 2 N–H and O–H groups in total. The maximum absolute atomic E-state index is 11.6. The number of aliphatic hydroxyl groups excluding tert-OH is 1. The first-order chi connectivity index (χ1) is 7.19. The van der Waals surface area contributed by atoms with E-state index in [9.17, 15) is 4.79 Å².